The Hall–Kier alpha value is -6.79. The first-order valence-corrected chi connectivity index (χ1v) is 27.5. The Bertz CT molecular complexity index is 2400. The Labute approximate surface area is 451 Å². The van der Waals surface area contributed by atoms with E-state index >= 15 is 0 Å². The predicted molar refractivity (Wildman–Crippen MR) is 276 cm³/mol. The number of esters is 2. The normalized spacial score (nSPS) is 13.3. The van der Waals surface area contributed by atoms with E-state index in [1.54, 1.807) is 119 Å². The van der Waals surface area contributed by atoms with Crippen molar-refractivity contribution in [2.24, 2.45) is 11.8 Å². The number of aliphatic hydroxyl groups is 1. The molecule has 3 aromatic carbocycles. The summed E-state index contributed by atoms with van der Waals surface area (Å²) in [5.74, 6) is -2.70. The van der Waals surface area contributed by atoms with Gasteiger partial charge in [-0.25, -0.2) is 33.6 Å². The number of hydrogen-bond acceptors (Lipinski definition) is 19. The van der Waals surface area contributed by atoms with Gasteiger partial charge in [-0.2, -0.15) is 0 Å². The van der Waals surface area contributed by atoms with Gasteiger partial charge >= 0.3 is 57.6 Å². The number of carbonyl (C=O) groups is 7. The molecule has 3 rings (SSSR count). The Morgan fingerprint density at radius 1 is 0.513 bits per heavy atom. The van der Waals surface area contributed by atoms with Gasteiger partial charge in [0.25, 0.3) is 5.08 Å². The van der Waals surface area contributed by atoms with Crippen molar-refractivity contribution in [3.63, 3.8) is 0 Å². The van der Waals surface area contributed by atoms with Gasteiger partial charge in [-0.3, -0.25) is 18.2 Å². The highest BCUT2D eigenvalue weighted by molar-refractivity contribution is 7.73. The number of benzene rings is 3. The first-order valence-electron chi connectivity index (χ1n) is 24.3. The van der Waals surface area contributed by atoms with Crippen LogP contribution in [0.1, 0.15) is 84.9 Å². The molecular formula is C50H71N5O21P2. The van der Waals surface area contributed by atoms with Gasteiger partial charge in [0.15, 0.2) is 0 Å². The van der Waals surface area contributed by atoms with Gasteiger partial charge in [0.2, 0.25) is 13.6 Å². The van der Waals surface area contributed by atoms with Crippen molar-refractivity contribution < 1.29 is 99.8 Å². The summed E-state index contributed by atoms with van der Waals surface area (Å²) in [5, 5.41) is 19.8. The lowest BCUT2D eigenvalue weighted by Crippen LogP contribution is -2.50. The highest BCUT2D eigenvalue weighted by atomic mass is 31.2. The van der Waals surface area contributed by atoms with Gasteiger partial charge < -0.3 is 74.6 Å². The maximum absolute atomic E-state index is 14.5. The lowest BCUT2D eigenvalue weighted by molar-refractivity contribution is -0.149. The quantitative estimate of drug-likeness (QED) is 0.0114. The molecule has 28 heteroatoms. The van der Waals surface area contributed by atoms with Gasteiger partial charge in [-0.05, 0) is 62.6 Å². The second-order valence-electron chi connectivity index (χ2n) is 19.4. The Kier molecular flexibility index (Phi) is 26.0. The van der Waals surface area contributed by atoms with Crippen LogP contribution in [0.3, 0.4) is 0 Å². The molecule has 0 fully saturated rings. The van der Waals surface area contributed by atoms with E-state index in [0.717, 1.165) is 0 Å². The number of ether oxygens (including phenoxy) is 7. The van der Waals surface area contributed by atoms with Gasteiger partial charge in [-0.15, -0.1) is 0 Å². The summed E-state index contributed by atoms with van der Waals surface area (Å²) in [6, 6.07) is 23.8. The summed E-state index contributed by atoms with van der Waals surface area (Å²) in [6.07, 6.45) is -7.02. The van der Waals surface area contributed by atoms with Gasteiger partial charge in [0.05, 0.1) is 11.1 Å². The Morgan fingerprint density at radius 3 is 1.19 bits per heavy atom. The smallest absolute Gasteiger partial charge is 0.409 e. The van der Waals surface area contributed by atoms with Crippen LogP contribution in [-0.4, -0.2) is 119 Å². The van der Waals surface area contributed by atoms with Gasteiger partial charge in [0.1, 0.15) is 45.1 Å². The van der Waals surface area contributed by atoms with E-state index in [-0.39, 0.29) is 19.8 Å². The van der Waals surface area contributed by atoms with E-state index in [4.69, 9.17) is 42.2 Å². The predicted octanol–water partition coefficient (Wildman–Crippen LogP) is 6.66. The topological polar surface area (TPSA) is 358 Å². The average Bonchev–Trinajstić information content (AvgIpc) is 3.37. The molecule has 0 bridgehead atoms. The van der Waals surface area contributed by atoms with Crippen molar-refractivity contribution in [3.05, 3.63) is 108 Å². The third-order valence-electron chi connectivity index (χ3n) is 10.7. The van der Waals surface area contributed by atoms with E-state index in [2.05, 4.69) is 26.6 Å². The molecule has 3 aromatic rings. The molecule has 1 unspecified atom stereocenters. The van der Waals surface area contributed by atoms with Crippen LogP contribution in [-0.2, 0) is 80.7 Å². The fourth-order valence-electron chi connectivity index (χ4n) is 6.43. The molecule has 5 amide bonds. The maximum atomic E-state index is 14.5. The summed E-state index contributed by atoms with van der Waals surface area (Å²) in [4.78, 5) is 110. The van der Waals surface area contributed by atoms with Crippen molar-refractivity contribution in [1.29, 1.82) is 0 Å². The maximum Gasteiger partial charge on any atom is 0.409 e. The Morgan fingerprint density at radius 2 is 0.859 bits per heavy atom. The Balaban J connectivity index is 1.65. The minimum absolute atomic E-state index is 0.0651. The summed E-state index contributed by atoms with van der Waals surface area (Å²) in [6.45, 7) is 7.65. The second-order valence-corrected chi connectivity index (χ2v) is 23.8. The van der Waals surface area contributed by atoms with Crippen LogP contribution in [0.25, 0.3) is 0 Å². The second kappa shape index (κ2) is 31.0. The molecule has 78 heavy (non-hydrogen) atoms. The minimum Gasteiger partial charge on any atom is -0.462 e. The van der Waals surface area contributed by atoms with Crippen LogP contribution in [0, 0.1) is 11.8 Å². The molecule has 0 aliphatic carbocycles. The molecule has 0 aliphatic rings. The number of alkyl carbamates (subject to hydrolysis) is 5. The fourth-order valence-corrected chi connectivity index (χ4v) is 9.81. The average molecular weight is 1140 g/mol. The molecular weight excluding hydrogens is 1070 g/mol. The monoisotopic (exact) mass is 1140 g/mol. The van der Waals surface area contributed by atoms with Crippen molar-refractivity contribution in [3.8, 4) is 0 Å². The molecule has 0 aliphatic heterocycles. The molecule has 432 valence electrons. The number of nitrogens with one attached hydrogen (secondary N) is 5. The van der Waals surface area contributed by atoms with Crippen molar-refractivity contribution in [1.82, 2.24) is 26.6 Å². The molecule has 0 aromatic heterocycles. The molecule has 0 saturated carbocycles. The van der Waals surface area contributed by atoms with E-state index in [1.165, 1.54) is 27.7 Å². The van der Waals surface area contributed by atoms with Crippen molar-refractivity contribution in [2.75, 3.05) is 33.3 Å². The van der Waals surface area contributed by atoms with Crippen LogP contribution in [0.5, 0.6) is 0 Å². The zero-order chi connectivity index (χ0) is 58.2. The van der Waals surface area contributed by atoms with Crippen LogP contribution < -0.4 is 26.6 Å². The molecule has 0 saturated heterocycles. The SMILES string of the molecule is CC(C)[C@H](NC(=O)OCc1ccccc1)C(=O)OCC(C)(C)NC(=O)OCOP(=O)(OCOC(=O)NC(C)(C)COC(=O)[C@@H](NC(=O)OCc1ccccc1)C(C)C)C(O)(CCCNC(=O)OCc1ccccc1)P(=O)(O)O. The lowest BCUT2D eigenvalue weighted by atomic mass is 10.0. The standard InChI is InChI=1S/C50H71N5O21P2/c1-34(2)39(52-44(59)69-28-37-21-14-10-15-22-37)41(56)71-30-48(5,6)54-46(61)73-32-75-78(67,50(63,77(64,65)66)25-18-26-51-43(58)68-27-36-19-12-9-13-20-36)76-33-74-47(62)55-49(7,8)31-72-42(57)40(35(3)4)53-45(60)70-29-38-23-16-11-17-24-38/h9-17,19-24,34-35,39-40,63H,18,25-33H2,1-8H3,(H,51,58)(H,52,59)(H,53,60)(H,54,61)(H,55,62)(H2,64,65,66)/t39-,40-,50?/m0/s1. The molecule has 26 nitrogen and oxygen atoms in total. The summed E-state index contributed by atoms with van der Waals surface area (Å²) >= 11 is 0. The van der Waals surface area contributed by atoms with Crippen LogP contribution in [0.15, 0.2) is 91.0 Å². The molecule has 0 radical (unpaired) electrons. The van der Waals surface area contributed by atoms with E-state index < -0.39 is 144 Å². The third kappa shape index (κ3) is 23.0. The van der Waals surface area contributed by atoms with E-state index in [0.29, 0.717) is 16.7 Å². The zero-order valence-corrected chi connectivity index (χ0v) is 46.4. The van der Waals surface area contributed by atoms with Gasteiger partial charge in [0, 0.05) is 13.0 Å². The third-order valence-corrected chi connectivity index (χ3v) is 15.4. The van der Waals surface area contributed by atoms with E-state index in [9.17, 15) is 57.6 Å². The number of hydrogen-bond donors (Lipinski definition) is 8. The zero-order valence-electron chi connectivity index (χ0n) is 44.6. The minimum atomic E-state index is -6.02. The number of amides is 5. The summed E-state index contributed by atoms with van der Waals surface area (Å²) < 4.78 is 73.9. The van der Waals surface area contributed by atoms with Crippen molar-refractivity contribution in [2.45, 2.75) is 116 Å². The van der Waals surface area contributed by atoms with Gasteiger partial charge in [-0.1, -0.05) is 119 Å². The lowest BCUT2D eigenvalue weighted by Gasteiger charge is -2.34. The largest absolute Gasteiger partial charge is 0.462 e. The fraction of sp³-hybridized carbons (Fsp3) is 0.500. The van der Waals surface area contributed by atoms with Crippen LogP contribution >= 0.6 is 15.2 Å². The molecule has 0 heterocycles. The number of rotatable bonds is 30. The van der Waals surface area contributed by atoms with E-state index in [1.807, 2.05) is 0 Å². The van der Waals surface area contributed by atoms with Crippen LogP contribution in [0.2, 0.25) is 0 Å². The summed E-state index contributed by atoms with van der Waals surface area (Å²) in [5.41, 5.74) is -0.766. The highest BCUT2D eigenvalue weighted by Crippen LogP contribution is 2.74. The first-order chi connectivity index (χ1) is 36.5. The molecule has 3 atom stereocenters. The molecule has 0 spiro atoms. The van der Waals surface area contributed by atoms with Crippen molar-refractivity contribution >= 4 is 57.6 Å². The van der Waals surface area contributed by atoms with Crippen LogP contribution in [0.4, 0.5) is 24.0 Å². The first kappa shape index (κ1) is 65.5. The molecule has 8 N–H and O–H groups in total. The highest BCUT2D eigenvalue weighted by Gasteiger charge is 2.62. The summed E-state index contributed by atoms with van der Waals surface area (Å²) in [7, 11) is -11.8. The number of carbonyl (C=O) groups excluding carboxylic acids is 7.